The molecule has 3 N–H and O–H groups in total. The molecule has 18 heavy (non-hydrogen) atoms. The van der Waals surface area contributed by atoms with E-state index in [1.807, 2.05) is 18.2 Å². The summed E-state index contributed by atoms with van der Waals surface area (Å²) < 4.78 is 3.44. The zero-order valence-corrected chi connectivity index (χ0v) is 13.0. The minimum absolute atomic E-state index is 0.135. The number of hydrogen-bond donors (Lipinski definition) is 2. The summed E-state index contributed by atoms with van der Waals surface area (Å²) >= 11 is 5.61. The number of halogens is 2. The zero-order valence-electron chi connectivity index (χ0n) is 9.23. The third-order valence-corrected chi connectivity index (χ3v) is 3.50. The molecule has 94 valence electrons. The molecule has 0 atom stereocenters. The van der Waals surface area contributed by atoms with Gasteiger partial charge < -0.3 is 11.1 Å². The summed E-state index contributed by atoms with van der Waals surface area (Å²) in [4.78, 5) is 11.8. The monoisotopic (exact) mass is 420 g/mol. The quantitative estimate of drug-likeness (QED) is 0.749. The second-order valence-electron chi connectivity index (χ2n) is 3.61. The van der Waals surface area contributed by atoms with E-state index in [1.165, 1.54) is 4.68 Å². The van der Waals surface area contributed by atoms with Gasteiger partial charge in [0.15, 0.2) is 0 Å². The first-order valence-corrected chi connectivity index (χ1v) is 6.95. The van der Waals surface area contributed by atoms with Crippen molar-refractivity contribution in [2.75, 3.05) is 11.1 Å². The Labute approximate surface area is 126 Å². The summed E-state index contributed by atoms with van der Waals surface area (Å²) in [5.74, 6) is 0.248. The zero-order chi connectivity index (χ0) is 13.1. The Kier molecular flexibility index (Phi) is 4.23. The van der Waals surface area contributed by atoms with E-state index >= 15 is 0 Å². The van der Waals surface area contributed by atoms with Gasteiger partial charge in [-0.15, -0.1) is 0 Å². The number of nitrogens with two attached hydrogens (primary N) is 1. The van der Waals surface area contributed by atoms with Gasteiger partial charge in [-0.3, -0.25) is 9.48 Å². The minimum Gasteiger partial charge on any atom is -0.382 e. The second kappa shape index (κ2) is 5.70. The van der Waals surface area contributed by atoms with Gasteiger partial charge in [0, 0.05) is 14.2 Å². The summed E-state index contributed by atoms with van der Waals surface area (Å²) in [6, 6.07) is 7.35. The van der Waals surface area contributed by atoms with E-state index in [-0.39, 0.29) is 12.5 Å². The summed E-state index contributed by atoms with van der Waals surface area (Å²) in [7, 11) is 0. The first kappa shape index (κ1) is 13.3. The highest BCUT2D eigenvalue weighted by Gasteiger charge is 2.07. The van der Waals surface area contributed by atoms with E-state index in [0.29, 0.717) is 5.82 Å². The van der Waals surface area contributed by atoms with Gasteiger partial charge in [-0.1, -0.05) is 0 Å². The molecule has 0 unspecified atom stereocenters. The van der Waals surface area contributed by atoms with Crippen LogP contribution in [0.15, 0.2) is 34.9 Å². The Bertz CT molecular complexity index is 584. The maximum Gasteiger partial charge on any atom is 0.246 e. The predicted octanol–water partition coefficient (Wildman–Crippen LogP) is 2.47. The molecule has 0 aliphatic carbocycles. The van der Waals surface area contributed by atoms with Crippen molar-refractivity contribution >= 4 is 55.9 Å². The fourth-order valence-corrected chi connectivity index (χ4v) is 2.79. The average Bonchev–Trinajstić information content (AvgIpc) is 2.68. The molecule has 0 spiro atoms. The smallest absolute Gasteiger partial charge is 0.246 e. The molecule has 2 aromatic rings. The molecular formula is C11H10BrIN4O. The number of hydrogen-bond acceptors (Lipinski definition) is 3. The lowest BCUT2D eigenvalue weighted by Gasteiger charge is -2.07. The van der Waals surface area contributed by atoms with Crippen LogP contribution in [0.2, 0.25) is 0 Å². The van der Waals surface area contributed by atoms with Crippen LogP contribution in [0.5, 0.6) is 0 Å². The lowest BCUT2D eigenvalue weighted by molar-refractivity contribution is -0.116. The number of nitrogen functional groups attached to an aromatic ring is 1. The molecule has 0 bridgehead atoms. The Morgan fingerprint density at radius 1 is 1.50 bits per heavy atom. The third kappa shape index (κ3) is 3.45. The first-order valence-electron chi connectivity index (χ1n) is 5.08. The number of rotatable bonds is 3. The van der Waals surface area contributed by atoms with Gasteiger partial charge in [0.05, 0.1) is 5.69 Å². The van der Waals surface area contributed by atoms with Crippen LogP contribution in [0, 0.1) is 3.57 Å². The number of aromatic nitrogens is 2. The van der Waals surface area contributed by atoms with E-state index in [4.69, 9.17) is 5.73 Å². The van der Waals surface area contributed by atoms with Gasteiger partial charge >= 0.3 is 0 Å². The summed E-state index contributed by atoms with van der Waals surface area (Å²) in [5, 5.41) is 6.75. The molecule has 2 rings (SSSR count). The molecule has 0 saturated heterocycles. The first-order chi connectivity index (χ1) is 8.54. The Morgan fingerprint density at radius 3 is 2.89 bits per heavy atom. The number of nitrogens with one attached hydrogen (secondary N) is 1. The maximum absolute atomic E-state index is 11.8. The van der Waals surface area contributed by atoms with Crippen LogP contribution in [-0.2, 0) is 11.3 Å². The highest BCUT2D eigenvalue weighted by Crippen LogP contribution is 2.24. The van der Waals surface area contributed by atoms with Crippen LogP contribution < -0.4 is 11.1 Å². The molecule has 0 saturated carbocycles. The molecule has 0 radical (unpaired) electrons. The summed E-state index contributed by atoms with van der Waals surface area (Å²) in [6.07, 6.45) is 1.66. The normalized spacial score (nSPS) is 10.3. The van der Waals surface area contributed by atoms with Crippen molar-refractivity contribution in [3.05, 3.63) is 38.5 Å². The molecule has 1 aromatic heterocycles. The van der Waals surface area contributed by atoms with Crippen molar-refractivity contribution in [1.29, 1.82) is 0 Å². The van der Waals surface area contributed by atoms with Gasteiger partial charge in [0.1, 0.15) is 12.4 Å². The summed E-state index contributed by atoms with van der Waals surface area (Å²) in [5.41, 5.74) is 6.21. The topological polar surface area (TPSA) is 72.9 Å². The van der Waals surface area contributed by atoms with E-state index in [1.54, 1.807) is 12.3 Å². The number of anilines is 2. The molecule has 1 aromatic carbocycles. The van der Waals surface area contributed by atoms with Gasteiger partial charge in [-0.2, -0.15) is 5.10 Å². The van der Waals surface area contributed by atoms with Crippen molar-refractivity contribution in [3.63, 3.8) is 0 Å². The molecule has 1 heterocycles. The highest BCUT2D eigenvalue weighted by atomic mass is 127. The van der Waals surface area contributed by atoms with Gasteiger partial charge in [0.2, 0.25) is 5.91 Å². The lowest BCUT2D eigenvalue weighted by Crippen LogP contribution is -2.19. The van der Waals surface area contributed by atoms with Gasteiger partial charge in [0.25, 0.3) is 0 Å². The van der Waals surface area contributed by atoms with Crippen LogP contribution in [0.25, 0.3) is 0 Å². The lowest BCUT2D eigenvalue weighted by atomic mass is 10.3. The molecule has 0 fully saturated rings. The fraction of sp³-hybridized carbons (Fsp3) is 0.0909. The average molecular weight is 421 g/mol. The highest BCUT2D eigenvalue weighted by molar-refractivity contribution is 14.1. The second-order valence-corrected chi connectivity index (χ2v) is 5.71. The molecule has 7 heteroatoms. The van der Waals surface area contributed by atoms with E-state index in [2.05, 4.69) is 48.9 Å². The fourth-order valence-electron chi connectivity index (χ4n) is 1.39. The maximum atomic E-state index is 11.8. The molecular weight excluding hydrogens is 411 g/mol. The largest absolute Gasteiger partial charge is 0.382 e. The Morgan fingerprint density at radius 2 is 2.28 bits per heavy atom. The number of amides is 1. The molecule has 5 nitrogen and oxygen atoms in total. The number of benzene rings is 1. The van der Waals surface area contributed by atoms with E-state index in [0.717, 1.165) is 13.7 Å². The molecule has 0 aliphatic rings. The van der Waals surface area contributed by atoms with Crippen LogP contribution in [0.3, 0.4) is 0 Å². The molecule has 1 amide bonds. The van der Waals surface area contributed by atoms with Crippen LogP contribution >= 0.6 is 38.5 Å². The number of carbonyl (C=O) groups is 1. The van der Waals surface area contributed by atoms with Crippen molar-refractivity contribution in [3.8, 4) is 0 Å². The van der Waals surface area contributed by atoms with Crippen LogP contribution in [0.4, 0.5) is 11.5 Å². The van der Waals surface area contributed by atoms with Crippen molar-refractivity contribution in [2.24, 2.45) is 0 Å². The van der Waals surface area contributed by atoms with Gasteiger partial charge in [-0.05, 0) is 62.8 Å². The van der Waals surface area contributed by atoms with Crippen LogP contribution in [-0.4, -0.2) is 15.7 Å². The van der Waals surface area contributed by atoms with Gasteiger partial charge in [-0.25, -0.2) is 0 Å². The predicted molar refractivity (Wildman–Crippen MR) is 82.1 cm³/mol. The summed E-state index contributed by atoms with van der Waals surface area (Å²) in [6.45, 7) is 0.135. The van der Waals surface area contributed by atoms with E-state index < -0.39 is 0 Å². The number of nitrogens with zero attached hydrogens (tertiary/aromatic N) is 2. The van der Waals surface area contributed by atoms with Crippen LogP contribution in [0.1, 0.15) is 0 Å². The van der Waals surface area contributed by atoms with Crippen molar-refractivity contribution in [2.45, 2.75) is 6.54 Å². The van der Waals surface area contributed by atoms with E-state index in [9.17, 15) is 4.79 Å². The Balaban J connectivity index is 2.03. The third-order valence-electron chi connectivity index (χ3n) is 2.17. The van der Waals surface area contributed by atoms with Crippen molar-refractivity contribution < 1.29 is 4.79 Å². The Hall–Kier alpha value is -1.09. The standard InChI is InChI=1S/C11H10BrIN4O/c12-8-5-7(13)1-2-9(8)15-11(18)6-17-4-3-10(14)16-17/h1-5H,6H2,(H2,14,16)(H,15,18). The number of carbonyl (C=O) groups excluding carboxylic acids is 1. The molecule has 0 aliphatic heterocycles. The SMILES string of the molecule is Nc1ccn(CC(=O)Nc2ccc(I)cc2Br)n1. The van der Waals surface area contributed by atoms with Crippen molar-refractivity contribution in [1.82, 2.24) is 9.78 Å². The minimum atomic E-state index is -0.153.